The first-order chi connectivity index (χ1) is 11.4. The highest BCUT2D eigenvalue weighted by molar-refractivity contribution is 6.31. The second kappa shape index (κ2) is 8.71. The van der Waals surface area contributed by atoms with Gasteiger partial charge in [0.15, 0.2) is 0 Å². The molecule has 2 aromatic carbocycles. The largest absolute Gasteiger partial charge is 0.355 e. The Kier molecular flexibility index (Phi) is 6.64. The third-order valence-corrected chi connectivity index (χ3v) is 4.08. The van der Waals surface area contributed by atoms with E-state index < -0.39 is 0 Å². The van der Waals surface area contributed by atoms with E-state index in [1.165, 1.54) is 0 Å². The molecule has 0 radical (unpaired) electrons. The Balaban J connectivity index is 1.74. The van der Waals surface area contributed by atoms with Crippen LogP contribution in [0.1, 0.15) is 17.5 Å². The molecule has 2 aromatic rings. The Morgan fingerprint density at radius 2 is 1.71 bits per heavy atom. The van der Waals surface area contributed by atoms with E-state index >= 15 is 0 Å². The molecule has 2 rings (SSSR count). The lowest BCUT2D eigenvalue weighted by Gasteiger charge is -2.08. The van der Waals surface area contributed by atoms with Gasteiger partial charge in [0.2, 0.25) is 11.8 Å². The monoisotopic (exact) mass is 364 g/mol. The quantitative estimate of drug-likeness (QED) is 0.761. The van der Waals surface area contributed by atoms with Crippen molar-refractivity contribution in [3.63, 3.8) is 0 Å². The minimum absolute atomic E-state index is 0.230. The summed E-state index contributed by atoms with van der Waals surface area (Å²) in [6.45, 7) is 2.34. The van der Waals surface area contributed by atoms with Gasteiger partial charge < -0.3 is 10.6 Å². The van der Waals surface area contributed by atoms with E-state index in [9.17, 15) is 9.59 Å². The summed E-state index contributed by atoms with van der Waals surface area (Å²) in [5.41, 5.74) is 2.57. The molecule has 0 saturated heterocycles. The van der Waals surface area contributed by atoms with Crippen LogP contribution in [0, 0.1) is 6.92 Å². The van der Waals surface area contributed by atoms with Gasteiger partial charge in [-0.05, 0) is 48.7 Å². The molecule has 0 aliphatic rings. The van der Waals surface area contributed by atoms with Crippen LogP contribution in [-0.2, 0) is 16.0 Å². The fraction of sp³-hybridized carbons (Fsp3) is 0.222. The van der Waals surface area contributed by atoms with Crippen LogP contribution in [0.4, 0.5) is 5.69 Å². The second-order valence-electron chi connectivity index (χ2n) is 5.42. The first-order valence-electron chi connectivity index (χ1n) is 7.51. The highest BCUT2D eigenvalue weighted by atomic mass is 35.5. The van der Waals surface area contributed by atoms with Crippen molar-refractivity contribution >= 4 is 40.7 Å². The molecule has 0 heterocycles. The predicted molar refractivity (Wildman–Crippen MR) is 97.6 cm³/mol. The number of hydrogen-bond donors (Lipinski definition) is 2. The van der Waals surface area contributed by atoms with Crippen LogP contribution in [-0.4, -0.2) is 18.4 Å². The van der Waals surface area contributed by atoms with Crippen molar-refractivity contribution in [2.24, 2.45) is 0 Å². The molecular formula is C18H18Cl2N2O2. The number of benzene rings is 2. The van der Waals surface area contributed by atoms with E-state index in [0.29, 0.717) is 28.7 Å². The number of anilines is 1. The van der Waals surface area contributed by atoms with Gasteiger partial charge in [-0.3, -0.25) is 9.59 Å². The second-order valence-corrected chi connectivity index (χ2v) is 6.26. The number of carbonyl (C=O) groups is 2. The summed E-state index contributed by atoms with van der Waals surface area (Å²) in [7, 11) is 0. The topological polar surface area (TPSA) is 58.2 Å². The zero-order valence-corrected chi connectivity index (χ0v) is 14.7. The summed E-state index contributed by atoms with van der Waals surface area (Å²) in [5.74, 6) is -0.696. The molecule has 0 aliphatic carbocycles. The normalized spacial score (nSPS) is 10.3. The van der Waals surface area contributed by atoms with E-state index in [2.05, 4.69) is 10.6 Å². The van der Waals surface area contributed by atoms with Crippen molar-refractivity contribution in [3.8, 4) is 0 Å². The van der Waals surface area contributed by atoms with E-state index in [-0.39, 0.29) is 18.2 Å². The Morgan fingerprint density at radius 3 is 2.38 bits per heavy atom. The fourth-order valence-electron chi connectivity index (χ4n) is 2.08. The Morgan fingerprint density at radius 1 is 1.00 bits per heavy atom. The SMILES string of the molecule is Cc1ccc(NC(=O)CC(=O)NCCc2ccc(Cl)cc2)cc1Cl. The standard InChI is InChI=1S/C18H18Cl2N2O2/c1-12-2-7-15(10-16(12)20)22-18(24)11-17(23)21-9-8-13-3-5-14(19)6-4-13/h2-7,10H,8-9,11H2,1H3,(H,21,23)(H,22,24). The summed E-state index contributed by atoms with van der Waals surface area (Å²) in [4.78, 5) is 23.6. The summed E-state index contributed by atoms with van der Waals surface area (Å²) < 4.78 is 0. The Bertz CT molecular complexity index is 730. The smallest absolute Gasteiger partial charge is 0.233 e. The van der Waals surface area contributed by atoms with Gasteiger partial charge in [0.1, 0.15) is 6.42 Å². The fourth-order valence-corrected chi connectivity index (χ4v) is 2.39. The van der Waals surface area contributed by atoms with Gasteiger partial charge in [-0.1, -0.05) is 41.4 Å². The molecule has 2 amide bonds. The van der Waals surface area contributed by atoms with Crippen molar-refractivity contribution in [3.05, 3.63) is 63.6 Å². The minimum Gasteiger partial charge on any atom is -0.355 e. The van der Waals surface area contributed by atoms with Crippen LogP contribution in [0.25, 0.3) is 0 Å². The number of aryl methyl sites for hydroxylation is 1. The maximum absolute atomic E-state index is 11.9. The summed E-state index contributed by atoms with van der Waals surface area (Å²) in [6, 6.07) is 12.6. The van der Waals surface area contributed by atoms with Crippen LogP contribution in [0.3, 0.4) is 0 Å². The lowest BCUT2D eigenvalue weighted by atomic mass is 10.1. The Hall–Kier alpha value is -2.04. The molecule has 2 N–H and O–H groups in total. The molecule has 24 heavy (non-hydrogen) atoms. The number of halogens is 2. The van der Waals surface area contributed by atoms with Gasteiger partial charge in [-0.15, -0.1) is 0 Å². The summed E-state index contributed by atoms with van der Waals surface area (Å²) in [5, 5.41) is 6.63. The van der Waals surface area contributed by atoms with Crippen molar-refractivity contribution in [2.75, 3.05) is 11.9 Å². The zero-order chi connectivity index (χ0) is 17.5. The maximum atomic E-state index is 11.9. The molecular weight excluding hydrogens is 347 g/mol. The number of nitrogens with one attached hydrogen (secondary N) is 2. The molecule has 126 valence electrons. The Labute approximate surface area is 151 Å². The number of amides is 2. The molecule has 0 atom stereocenters. The van der Waals surface area contributed by atoms with Crippen molar-refractivity contribution in [2.45, 2.75) is 19.8 Å². The summed E-state index contributed by atoms with van der Waals surface area (Å²) >= 11 is 11.8. The highest BCUT2D eigenvalue weighted by Crippen LogP contribution is 2.20. The van der Waals surface area contributed by atoms with E-state index in [1.807, 2.05) is 25.1 Å². The first-order valence-corrected chi connectivity index (χ1v) is 8.27. The van der Waals surface area contributed by atoms with Crippen LogP contribution in [0.5, 0.6) is 0 Å². The van der Waals surface area contributed by atoms with Crippen molar-refractivity contribution in [1.82, 2.24) is 5.32 Å². The maximum Gasteiger partial charge on any atom is 0.233 e. The molecule has 6 heteroatoms. The number of hydrogen-bond acceptors (Lipinski definition) is 2. The molecule has 0 bridgehead atoms. The third kappa shape index (κ3) is 5.87. The van der Waals surface area contributed by atoms with Crippen molar-refractivity contribution in [1.29, 1.82) is 0 Å². The lowest BCUT2D eigenvalue weighted by molar-refractivity contribution is -0.126. The molecule has 0 unspecified atom stereocenters. The van der Waals surface area contributed by atoms with Gasteiger partial charge in [-0.25, -0.2) is 0 Å². The molecule has 4 nitrogen and oxygen atoms in total. The van der Waals surface area contributed by atoms with Gasteiger partial charge in [0.05, 0.1) is 0 Å². The average Bonchev–Trinajstić information content (AvgIpc) is 2.53. The van der Waals surface area contributed by atoms with E-state index in [1.54, 1.807) is 24.3 Å². The molecule has 0 spiro atoms. The molecule has 0 fully saturated rings. The van der Waals surface area contributed by atoms with Gasteiger partial charge in [0.25, 0.3) is 0 Å². The van der Waals surface area contributed by atoms with Crippen LogP contribution in [0.2, 0.25) is 10.0 Å². The molecule has 0 aliphatic heterocycles. The lowest BCUT2D eigenvalue weighted by Crippen LogP contribution is -2.29. The van der Waals surface area contributed by atoms with Gasteiger partial charge in [0, 0.05) is 22.3 Å². The average molecular weight is 365 g/mol. The van der Waals surface area contributed by atoms with Crippen LogP contribution >= 0.6 is 23.2 Å². The molecule has 0 saturated carbocycles. The first kappa shape index (κ1) is 18.3. The molecule has 0 aromatic heterocycles. The van der Waals surface area contributed by atoms with E-state index in [4.69, 9.17) is 23.2 Å². The van der Waals surface area contributed by atoms with Crippen LogP contribution in [0.15, 0.2) is 42.5 Å². The van der Waals surface area contributed by atoms with Crippen LogP contribution < -0.4 is 10.6 Å². The highest BCUT2D eigenvalue weighted by Gasteiger charge is 2.10. The van der Waals surface area contributed by atoms with E-state index in [0.717, 1.165) is 11.1 Å². The third-order valence-electron chi connectivity index (χ3n) is 3.43. The van der Waals surface area contributed by atoms with Gasteiger partial charge in [-0.2, -0.15) is 0 Å². The van der Waals surface area contributed by atoms with Crippen molar-refractivity contribution < 1.29 is 9.59 Å². The van der Waals surface area contributed by atoms with Gasteiger partial charge >= 0.3 is 0 Å². The summed E-state index contributed by atoms with van der Waals surface area (Å²) in [6.07, 6.45) is 0.449. The number of rotatable bonds is 6. The zero-order valence-electron chi connectivity index (χ0n) is 13.2. The predicted octanol–water partition coefficient (Wildman–Crippen LogP) is 3.99. The number of carbonyl (C=O) groups excluding carboxylic acids is 2. The minimum atomic E-state index is -0.376.